The number of carbonyl (C=O) groups is 1. The van der Waals surface area contributed by atoms with E-state index in [1.54, 1.807) is 62.4 Å². The van der Waals surface area contributed by atoms with Gasteiger partial charge in [0.15, 0.2) is 140 Å². The number of aliphatic hydroxyl groups excluding tert-OH is 14. The van der Waals surface area contributed by atoms with Crippen LogP contribution in [0.2, 0.25) is 0 Å². The summed E-state index contributed by atoms with van der Waals surface area (Å²) in [6, 6.07) is 33.3. The van der Waals surface area contributed by atoms with E-state index in [1.165, 1.54) is 167 Å². The first-order chi connectivity index (χ1) is 59.7. The van der Waals surface area contributed by atoms with Crippen LogP contribution < -0.4 is 75.8 Å². The lowest BCUT2D eigenvalue weighted by Crippen LogP contribution is -2.47. The van der Waals surface area contributed by atoms with Crippen molar-refractivity contribution in [2.45, 2.75) is 118 Å². The standard InChI is InChI=1S/C91H108O33/c1-46-13-19-60(66(27-46)107-4)117-78(42-96)85(105)54-28-56-57-29-55(86(106)79(43-97)121-63-22-16-51(32-69(63)110-7)82(102)75(39-93)118-61-20-14-49(47(2)100)30-67(61)108-5)36-73(114-11)89(57)124-87(80(44-98)123-88(56)72(35-54)113-10)53-18-24-64(71(34-53)112-9)120-77(41-95)83(103)50-15-21-62(68(31-50)109-6)119-76(40-94)84(104)52-17-23-65(70(33-52)111-8)122-81(45-99)90-91(58(38-92)48(3)116-90)26-25-59(101)74(37-91)115-12/h13-37,47-48,58,75-87,90,92-100,102-106H,38-45H2,1-12H3/t47?,48?,58-,75?,76-,77?,78?,79?,80?,81?,82?,83?,84?,85?,86?,87?,90?,91-/m0/s1. The molecule has 33 nitrogen and oxygen atoms in total. The summed E-state index contributed by atoms with van der Waals surface area (Å²) in [5, 5.41) is 158. The van der Waals surface area contributed by atoms with Gasteiger partial charge in [-0.3, -0.25) is 4.79 Å². The van der Waals surface area contributed by atoms with E-state index >= 15 is 0 Å². The van der Waals surface area contributed by atoms with Crippen molar-refractivity contribution in [2.75, 3.05) is 117 Å². The van der Waals surface area contributed by atoms with E-state index in [2.05, 4.69) is 0 Å². The number of allylic oxidation sites excluding steroid dienone is 1. The van der Waals surface area contributed by atoms with Crippen molar-refractivity contribution < 1.29 is 162 Å². The maximum absolute atomic E-state index is 12.7. The average molecular weight is 1730 g/mol. The highest BCUT2D eigenvalue weighted by molar-refractivity contribution is 6.03. The molecular formula is C91H108O33. The zero-order chi connectivity index (χ0) is 89.5. The van der Waals surface area contributed by atoms with E-state index < -0.39 is 155 Å². The van der Waals surface area contributed by atoms with Crippen LogP contribution in [0.3, 0.4) is 0 Å². The van der Waals surface area contributed by atoms with Gasteiger partial charge in [0.2, 0.25) is 5.78 Å². The highest BCUT2D eigenvalue weighted by Crippen LogP contribution is 2.55. The third kappa shape index (κ3) is 19.8. The van der Waals surface area contributed by atoms with Crippen LogP contribution in [-0.2, 0) is 14.3 Å². The summed E-state index contributed by atoms with van der Waals surface area (Å²) in [7, 11) is 12.2. The van der Waals surface area contributed by atoms with Gasteiger partial charge in [-0.25, -0.2) is 0 Å². The van der Waals surface area contributed by atoms with Crippen molar-refractivity contribution in [3.63, 3.8) is 0 Å². The summed E-state index contributed by atoms with van der Waals surface area (Å²) in [5.41, 5.74) is 1.43. The van der Waals surface area contributed by atoms with Gasteiger partial charge >= 0.3 is 0 Å². The van der Waals surface area contributed by atoms with Crippen molar-refractivity contribution in [2.24, 2.45) is 11.3 Å². The number of hydrogen-bond acceptors (Lipinski definition) is 33. The minimum Gasteiger partial charge on any atom is -0.493 e. The molecule has 1 fully saturated rings. The largest absolute Gasteiger partial charge is 0.493 e. The molecule has 0 radical (unpaired) electrons. The molecule has 124 heavy (non-hydrogen) atoms. The fourth-order valence-corrected chi connectivity index (χ4v) is 15.4. The van der Waals surface area contributed by atoms with E-state index in [4.69, 9.17) is 85.3 Å². The van der Waals surface area contributed by atoms with Gasteiger partial charge in [-0.15, -0.1) is 0 Å². The van der Waals surface area contributed by atoms with E-state index in [1.807, 2.05) is 6.92 Å². The predicted octanol–water partition coefficient (Wildman–Crippen LogP) is 6.82. The van der Waals surface area contributed by atoms with Crippen LogP contribution in [0, 0.1) is 18.3 Å². The molecule has 0 saturated carbocycles. The Hall–Kier alpha value is -11.1. The second-order valence-corrected chi connectivity index (χ2v) is 29.7. The molecule has 1 spiro atoms. The Morgan fingerprint density at radius 1 is 0.379 bits per heavy atom. The molecule has 15 unspecified atom stereocenters. The summed E-state index contributed by atoms with van der Waals surface area (Å²) < 4.78 is 109. The third-order valence-corrected chi connectivity index (χ3v) is 22.2. The molecular weight excluding hydrogens is 1620 g/mol. The highest BCUT2D eigenvalue weighted by Gasteiger charge is 2.57. The summed E-state index contributed by atoms with van der Waals surface area (Å²) in [6.45, 7) is -0.162. The molecule has 3 aliphatic rings. The Morgan fingerprint density at radius 2 is 0.734 bits per heavy atom. The Kier molecular flexibility index (Phi) is 31.8. The molecule has 2 aliphatic heterocycles. The predicted molar refractivity (Wildman–Crippen MR) is 444 cm³/mol. The lowest BCUT2D eigenvalue weighted by Gasteiger charge is -2.38. The van der Waals surface area contributed by atoms with Crippen LogP contribution in [0.4, 0.5) is 0 Å². The lowest BCUT2D eigenvalue weighted by molar-refractivity contribution is -0.114. The number of aliphatic hydroxyl groups is 14. The molecule has 0 bridgehead atoms. The number of fused-ring (bicyclic) bond motifs is 3. The molecule has 8 aromatic carbocycles. The minimum atomic E-state index is -1.75. The fourth-order valence-electron chi connectivity index (χ4n) is 15.4. The Morgan fingerprint density at radius 3 is 1.11 bits per heavy atom. The molecule has 14 N–H and O–H groups in total. The number of aryl methyl sites for hydroxylation is 1. The molecule has 2 heterocycles. The maximum Gasteiger partial charge on any atom is 0.219 e. The first-order valence-corrected chi connectivity index (χ1v) is 39.7. The molecule has 11 rings (SSSR count). The van der Waals surface area contributed by atoms with Crippen molar-refractivity contribution in [3.8, 4) is 103 Å². The SMILES string of the molecule is COC1=C[C@]2(C=CC1=O)C(C(CO)Oc1ccc(C(O)[C@H](CO)Oc3ccc(C(O)C(CO)Oc4ccc(C5Oc6c(OC)cc(C(O)C(CO)Oc7ccc(C(O)C(CO)Oc8ccc(C(C)O)cc8OC)cc7OC)cc6-c6cc(C(O)C(CO)Oc7ccc(C)cc7OC)cc(OC)c6OC5CO)cc4OC)cc3OC)cc1OC)OC(C)[C@@H]2CO. The van der Waals surface area contributed by atoms with Crippen molar-refractivity contribution in [3.05, 3.63) is 202 Å². The number of ether oxygens (including phenoxy) is 18. The van der Waals surface area contributed by atoms with Crippen molar-refractivity contribution in [1.82, 2.24) is 0 Å². The molecule has 670 valence electrons. The van der Waals surface area contributed by atoms with E-state index in [0.717, 1.165) is 5.56 Å². The normalized spacial score (nSPS) is 20.1. The molecule has 1 aliphatic carbocycles. The zero-order valence-corrected chi connectivity index (χ0v) is 70.4. The molecule has 18 atom stereocenters. The Balaban J connectivity index is 0.867. The first kappa shape index (κ1) is 93.6. The number of hydrogen-bond donors (Lipinski definition) is 14. The molecule has 33 heteroatoms. The summed E-state index contributed by atoms with van der Waals surface area (Å²) >= 11 is 0. The van der Waals surface area contributed by atoms with Crippen LogP contribution in [-0.4, -0.2) is 249 Å². The quantitative estimate of drug-likeness (QED) is 0.0187. The van der Waals surface area contributed by atoms with Crippen LogP contribution in [0.5, 0.6) is 92.0 Å². The van der Waals surface area contributed by atoms with E-state index in [9.17, 15) is 76.3 Å². The van der Waals surface area contributed by atoms with Gasteiger partial charge < -0.3 is 157 Å². The van der Waals surface area contributed by atoms with Crippen LogP contribution in [0.15, 0.2) is 157 Å². The monoisotopic (exact) mass is 1730 g/mol. The molecule has 0 aromatic heterocycles. The topological polar surface area (TPSA) is 466 Å². The van der Waals surface area contributed by atoms with Crippen LogP contribution in [0.1, 0.15) is 101 Å². The number of ketones is 1. The van der Waals surface area contributed by atoms with Crippen LogP contribution in [0.25, 0.3) is 11.1 Å². The van der Waals surface area contributed by atoms with Crippen molar-refractivity contribution >= 4 is 5.78 Å². The van der Waals surface area contributed by atoms with E-state index in [0.29, 0.717) is 11.3 Å². The number of benzene rings is 8. The minimum absolute atomic E-state index is 0.00433. The maximum atomic E-state index is 12.7. The van der Waals surface area contributed by atoms with Gasteiger partial charge in [0, 0.05) is 34.6 Å². The number of methoxy groups -OCH3 is 9. The Labute approximate surface area is 715 Å². The molecule has 8 aromatic rings. The summed E-state index contributed by atoms with van der Waals surface area (Å²) in [6.07, 6.45) is -16.4. The smallest absolute Gasteiger partial charge is 0.219 e. The lowest BCUT2D eigenvalue weighted by atomic mass is 9.68. The highest BCUT2D eigenvalue weighted by atomic mass is 16.6. The summed E-state index contributed by atoms with van der Waals surface area (Å²) in [4.78, 5) is 12.7. The van der Waals surface area contributed by atoms with Gasteiger partial charge in [0.05, 0.1) is 122 Å². The van der Waals surface area contributed by atoms with Gasteiger partial charge in [-0.05, 0) is 169 Å². The number of carbonyl (C=O) groups excluding carboxylic acids is 1. The zero-order valence-electron chi connectivity index (χ0n) is 70.4. The van der Waals surface area contributed by atoms with Gasteiger partial charge in [-0.1, -0.05) is 42.5 Å². The second-order valence-electron chi connectivity index (χ2n) is 29.7. The first-order valence-electron chi connectivity index (χ1n) is 39.7. The van der Waals surface area contributed by atoms with E-state index in [-0.39, 0.29) is 149 Å². The van der Waals surface area contributed by atoms with Gasteiger partial charge in [0.1, 0.15) is 42.7 Å². The average Bonchev–Trinajstić information content (AvgIpc) is 1.58. The van der Waals surface area contributed by atoms with Crippen LogP contribution >= 0.6 is 0 Å². The molecule has 1 saturated heterocycles. The Bertz CT molecular complexity index is 4990. The van der Waals surface area contributed by atoms with Gasteiger partial charge in [-0.2, -0.15) is 0 Å². The third-order valence-electron chi connectivity index (χ3n) is 22.2. The number of rotatable bonds is 42. The fraction of sp³-hybridized carbons (Fsp3) is 0.418. The molecule has 0 amide bonds. The summed E-state index contributed by atoms with van der Waals surface area (Å²) in [5.74, 6) is 0.198. The van der Waals surface area contributed by atoms with Gasteiger partial charge in [0.25, 0.3) is 0 Å². The second kappa shape index (κ2) is 42.1. The van der Waals surface area contributed by atoms with Crippen molar-refractivity contribution in [1.29, 1.82) is 0 Å².